The molecule has 7 heteroatoms. The van der Waals surface area contributed by atoms with E-state index in [9.17, 15) is 18.3 Å². The van der Waals surface area contributed by atoms with E-state index in [0.29, 0.717) is 6.61 Å². The van der Waals surface area contributed by atoms with E-state index in [1.54, 1.807) is 19.9 Å². The van der Waals surface area contributed by atoms with E-state index >= 15 is 0 Å². The van der Waals surface area contributed by atoms with Gasteiger partial charge in [-0.25, -0.2) is 0 Å². The van der Waals surface area contributed by atoms with Gasteiger partial charge < -0.3 is 19.3 Å². The number of rotatable bonds is 5. The summed E-state index contributed by atoms with van der Waals surface area (Å²) in [7, 11) is 0. The number of para-hydroxylation sites is 1. The summed E-state index contributed by atoms with van der Waals surface area (Å²) >= 11 is 0. The fourth-order valence-electron chi connectivity index (χ4n) is 2.24. The summed E-state index contributed by atoms with van der Waals surface area (Å²) in [4.78, 5) is 0. The molecule has 2 atom stereocenters. The van der Waals surface area contributed by atoms with Gasteiger partial charge in [0, 0.05) is 5.56 Å². The Balaban J connectivity index is 1.97. The van der Waals surface area contributed by atoms with Gasteiger partial charge >= 0.3 is 6.18 Å². The van der Waals surface area contributed by atoms with Gasteiger partial charge in [0.2, 0.25) is 0 Å². The second kappa shape index (κ2) is 6.90. The van der Waals surface area contributed by atoms with Crippen molar-refractivity contribution in [2.45, 2.75) is 38.0 Å². The molecular formula is C16H19F3O4. The molecule has 0 saturated carbocycles. The lowest BCUT2D eigenvalue weighted by atomic mass is 10.1. The first kappa shape index (κ1) is 17.8. The Kier molecular flexibility index (Phi) is 5.33. The fourth-order valence-corrected chi connectivity index (χ4v) is 2.24. The van der Waals surface area contributed by atoms with E-state index in [1.165, 1.54) is 30.3 Å². The third-order valence-electron chi connectivity index (χ3n) is 3.26. The summed E-state index contributed by atoms with van der Waals surface area (Å²) in [6, 6.07) is 5.25. The molecule has 0 aliphatic carbocycles. The molecule has 1 aromatic rings. The molecule has 0 aromatic heterocycles. The number of ether oxygens (including phenoxy) is 3. The second-order valence-corrected chi connectivity index (χ2v) is 5.61. The van der Waals surface area contributed by atoms with Crippen LogP contribution < -0.4 is 0 Å². The molecule has 1 aliphatic rings. The summed E-state index contributed by atoms with van der Waals surface area (Å²) in [5.74, 6) is -1.15. The van der Waals surface area contributed by atoms with E-state index in [-0.39, 0.29) is 18.3 Å². The topological polar surface area (TPSA) is 47.9 Å². The third kappa shape index (κ3) is 4.95. The lowest BCUT2D eigenvalue weighted by molar-refractivity contribution is -0.221. The number of hydrogen-bond donors (Lipinski definition) is 1. The van der Waals surface area contributed by atoms with Crippen LogP contribution in [0.4, 0.5) is 13.2 Å². The molecule has 0 radical (unpaired) electrons. The van der Waals surface area contributed by atoms with Crippen molar-refractivity contribution in [3.8, 4) is 5.75 Å². The highest BCUT2D eigenvalue weighted by Gasteiger charge is 2.43. The first-order chi connectivity index (χ1) is 10.7. The van der Waals surface area contributed by atoms with Crippen LogP contribution in [-0.2, 0) is 14.2 Å². The van der Waals surface area contributed by atoms with Crippen LogP contribution in [0, 0.1) is 0 Å². The Morgan fingerprint density at radius 3 is 2.65 bits per heavy atom. The molecule has 1 unspecified atom stereocenters. The molecule has 128 valence electrons. The fraction of sp³-hybridized carbons (Fsp3) is 0.500. The molecule has 1 N–H and O–H groups in total. The van der Waals surface area contributed by atoms with Crippen LogP contribution in [0.2, 0.25) is 0 Å². The molecule has 1 saturated heterocycles. The summed E-state index contributed by atoms with van der Waals surface area (Å²) in [5, 5.41) is 9.60. The third-order valence-corrected chi connectivity index (χ3v) is 3.26. The number of hydrogen-bond acceptors (Lipinski definition) is 4. The number of phenols is 1. The molecule has 2 rings (SSSR count). The zero-order valence-corrected chi connectivity index (χ0v) is 12.8. The summed E-state index contributed by atoms with van der Waals surface area (Å²) in [6.45, 7) is 3.59. The minimum absolute atomic E-state index is 0.265. The van der Waals surface area contributed by atoms with Crippen molar-refractivity contribution in [2.75, 3.05) is 13.2 Å². The zero-order valence-electron chi connectivity index (χ0n) is 12.8. The minimum atomic E-state index is -4.62. The Morgan fingerprint density at radius 1 is 1.39 bits per heavy atom. The maximum Gasteiger partial charge on any atom is 0.419 e. The van der Waals surface area contributed by atoms with Crippen molar-refractivity contribution in [2.24, 2.45) is 0 Å². The Hall–Kier alpha value is -1.57. The number of halogens is 3. The quantitative estimate of drug-likeness (QED) is 0.835. The largest absolute Gasteiger partial charge is 0.508 e. The highest BCUT2D eigenvalue weighted by atomic mass is 19.4. The minimum Gasteiger partial charge on any atom is -0.508 e. The number of phenolic OH excluding ortho intramolecular Hbond substituents is 1. The van der Waals surface area contributed by atoms with Gasteiger partial charge in [-0.15, -0.1) is 0 Å². The Labute approximate surface area is 132 Å². The van der Waals surface area contributed by atoms with Gasteiger partial charge in [-0.05, 0) is 19.9 Å². The van der Waals surface area contributed by atoms with Crippen LogP contribution in [0.5, 0.6) is 5.75 Å². The molecule has 0 amide bonds. The van der Waals surface area contributed by atoms with Gasteiger partial charge in [-0.1, -0.05) is 30.4 Å². The summed E-state index contributed by atoms with van der Waals surface area (Å²) in [5.41, 5.74) is -0.310. The van der Waals surface area contributed by atoms with Gasteiger partial charge in [-0.3, -0.25) is 0 Å². The highest BCUT2D eigenvalue weighted by Crippen LogP contribution is 2.39. The molecule has 1 aliphatic heterocycles. The lowest BCUT2D eigenvalue weighted by Gasteiger charge is -2.21. The van der Waals surface area contributed by atoms with E-state index in [0.717, 1.165) is 0 Å². The predicted octanol–water partition coefficient (Wildman–Crippen LogP) is 3.72. The Morgan fingerprint density at radius 2 is 2.09 bits per heavy atom. The molecule has 1 heterocycles. The van der Waals surface area contributed by atoms with Crippen molar-refractivity contribution in [3.63, 3.8) is 0 Å². The van der Waals surface area contributed by atoms with Crippen molar-refractivity contribution >= 4 is 0 Å². The smallest absolute Gasteiger partial charge is 0.419 e. The average Bonchev–Trinajstić information content (AvgIpc) is 2.78. The molecule has 1 fully saturated rings. The first-order valence-electron chi connectivity index (χ1n) is 7.14. The number of aromatic hydroxyl groups is 1. The van der Waals surface area contributed by atoms with Crippen LogP contribution in [0.25, 0.3) is 0 Å². The van der Waals surface area contributed by atoms with E-state index in [4.69, 9.17) is 14.2 Å². The van der Waals surface area contributed by atoms with Crippen LogP contribution in [0.15, 0.2) is 36.4 Å². The highest BCUT2D eigenvalue weighted by molar-refractivity contribution is 5.34. The second-order valence-electron chi connectivity index (χ2n) is 5.61. The molecule has 23 heavy (non-hydrogen) atoms. The monoisotopic (exact) mass is 332 g/mol. The van der Waals surface area contributed by atoms with E-state index < -0.39 is 23.8 Å². The van der Waals surface area contributed by atoms with Crippen molar-refractivity contribution in [1.82, 2.24) is 0 Å². The van der Waals surface area contributed by atoms with Gasteiger partial charge in [-0.2, -0.15) is 13.2 Å². The molecule has 0 spiro atoms. The van der Waals surface area contributed by atoms with Crippen LogP contribution in [0.1, 0.15) is 25.5 Å². The van der Waals surface area contributed by atoms with Gasteiger partial charge in [0.05, 0.1) is 13.2 Å². The zero-order chi connectivity index (χ0) is 17.1. The van der Waals surface area contributed by atoms with E-state index in [1.807, 2.05) is 0 Å². The summed E-state index contributed by atoms with van der Waals surface area (Å²) < 4.78 is 55.1. The molecule has 0 bridgehead atoms. The Bertz CT molecular complexity index is 555. The van der Waals surface area contributed by atoms with Gasteiger partial charge in [0.25, 0.3) is 0 Å². The molecule has 4 nitrogen and oxygen atoms in total. The maximum absolute atomic E-state index is 13.1. The van der Waals surface area contributed by atoms with Gasteiger partial charge in [0.15, 0.2) is 11.9 Å². The van der Waals surface area contributed by atoms with Gasteiger partial charge in [0.1, 0.15) is 11.9 Å². The standard InChI is InChI=1S/C16H19F3O4/c1-15(2)22-10-11(23-15)6-5-9-21-14(16(17,18)19)12-7-3-4-8-13(12)20/h3-8,11,14,20H,9-10H2,1-2H3/b6-5+/t11-,14?/m0/s1. The maximum atomic E-state index is 13.1. The molecular weight excluding hydrogens is 313 g/mol. The lowest BCUT2D eigenvalue weighted by Crippen LogP contribution is -2.24. The predicted molar refractivity (Wildman–Crippen MR) is 76.9 cm³/mol. The van der Waals surface area contributed by atoms with Crippen LogP contribution >= 0.6 is 0 Å². The number of benzene rings is 1. The average molecular weight is 332 g/mol. The van der Waals surface area contributed by atoms with Crippen molar-refractivity contribution in [1.29, 1.82) is 0 Å². The normalized spacial score (nSPS) is 22.6. The SMILES string of the molecule is CC1(C)OC[C@H](/C=C/COC(c2ccccc2O)C(F)(F)F)O1. The number of alkyl halides is 3. The first-order valence-corrected chi connectivity index (χ1v) is 7.14. The molecule has 1 aromatic carbocycles. The van der Waals surface area contributed by atoms with Crippen molar-refractivity contribution < 1.29 is 32.5 Å². The summed E-state index contributed by atoms with van der Waals surface area (Å²) in [6.07, 6.45) is -4.07. The van der Waals surface area contributed by atoms with E-state index in [2.05, 4.69) is 0 Å². The van der Waals surface area contributed by atoms with Crippen molar-refractivity contribution in [3.05, 3.63) is 42.0 Å². The van der Waals surface area contributed by atoms with Crippen LogP contribution in [-0.4, -0.2) is 36.4 Å². The van der Waals surface area contributed by atoms with Crippen LogP contribution in [0.3, 0.4) is 0 Å².